The van der Waals surface area contributed by atoms with Gasteiger partial charge >= 0.3 is 0 Å². The largest absolute Gasteiger partial charge is 0.440 e. The van der Waals surface area contributed by atoms with Gasteiger partial charge < -0.3 is 4.42 Å². The van der Waals surface area contributed by atoms with E-state index >= 15 is 0 Å². The van der Waals surface area contributed by atoms with Crippen LogP contribution in [0.4, 0.5) is 0 Å². The summed E-state index contributed by atoms with van der Waals surface area (Å²) in [4.78, 5) is 3.99. The molecule has 0 spiro atoms. The summed E-state index contributed by atoms with van der Waals surface area (Å²) in [6, 6.07) is 3.39. The van der Waals surface area contributed by atoms with Crippen molar-refractivity contribution in [3.63, 3.8) is 0 Å². The fourth-order valence-electron chi connectivity index (χ4n) is 1.42. The number of halogens is 1. The molecule has 0 fully saturated rings. The Morgan fingerprint density at radius 2 is 2.19 bits per heavy atom. The first-order valence-electron chi connectivity index (χ1n) is 4.54. The predicted molar refractivity (Wildman–Crippen MR) is 56.0 cm³/mol. The van der Waals surface area contributed by atoms with Gasteiger partial charge in [0.1, 0.15) is 5.15 Å². The monoisotopic (exact) mass is 235 g/mol. The standard InChI is InChI=1S/C9H6ClN5O/c1-5-8(16-4-11-5)9-13-12-7-3-2-6(10)14-15(7)9/h2-4H,1H3. The third kappa shape index (κ3) is 1.27. The lowest BCUT2D eigenvalue weighted by atomic mass is 10.3. The Morgan fingerprint density at radius 1 is 1.31 bits per heavy atom. The Bertz CT molecular complexity index is 659. The first-order valence-corrected chi connectivity index (χ1v) is 4.92. The lowest BCUT2D eigenvalue weighted by Crippen LogP contribution is -1.95. The molecule has 0 N–H and O–H groups in total. The zero-order chi connectivity index (χ0) is 11.1. The van der Waals surface area contributed by atoms with Crippen LogP contribution in [0.3, 0.4) is 0 Å². The van der Waals surface area contributed by atoms with Crippen molar-refractivity contribution in [1.29, 1.82) is 0 Å². The van der Waals surface area contributed by atoms with Crippen LogP contribution in [-0.4, -0.2) is 24.8 Å². The van der Waals surface area contributed by atoms with Crippen LogP contribution < -0.4 is 0 Å². The smallest absolute Gasteiger partial charge is 0.222 e. The molecule has 0 atom stereocenters. The molecule has 0 bridgehead atoms. The molecule has 0 aliphatic heterocycles. The molecule has 3 rings (SSSR count). The minimum Gasteiger partial charge on any atom is -0.440 e. The van der Waals surface area contributed by atoms with Crippen LogP contribution in [0.25, 0.3) is 17.2 Å². The van der Waals surface area contributed by atoms with E-state index in [9.17, 15) is 0 Å². The summed E-state index contributed by atoms with van der Waals surface area (Å²) in [5.74, 6) is 1.04. The van der Waals surface area contributed by atoms with E-state index in [1.54, 1.807) is 12.1 Å². The van der Waals surface area contributed by atoms with E-state index in [0.29, 0.717) is 22.4 Å². The SMILES string of the molecule is Cc1ncoc1-c1nnc2ccc(Cl)nn12. The van der Waals surface area contributed by atoms with E-state index in [2.05, 4.69) is 20.3 Å². The van der Waals surface area contributed by atoms with Crippen molar-refractivity contribution in [3.05, 3.63) is 29.4 Å². The van der Waals surface area contributed by atoms with Crippen molar-refractivity contribution < 1.29 is 4.42 Å². The van der Waals surface area contributed by atoms with Crippen molar-refractivity contribution in [1.82, 2.24) is 24.8 Å². The Labute approximate surface area is 94.9 Å². The highest BCUT2D eigenvalue weighted by Crippen LogP contribution is 2.20. The quantitative estimate of drug-likeness (QED) is 0.643. The van der Waals surface area contributed by atoms with E-state index in [4.69, 9.17) is 16.0 Å². The van der Waals surface area contributed by atoms with Crippen LogP contribution in [0.1, 0.15) is 5.69 Å². The molecular formula is C9H6ClN5O. The molecule has 0 aliphatic rings. The Morgan fingerprint density at radius 3 is 2.94 bits per heavy atom. The van der Waals surface area contributed by atoms with Crippen LogP contribution in [0.15, 0.2) is 22.9 Å². The van der Waals surface area contributed by atoms with Gasteiger partial charge in [0.15, 0.2) is 17.8 Å². The van der Waals surface area contributed by atoms with Gasteiger partial charge in [0, 0.05) is 0 Å². The Balaban J connectivity index is 2.32. The molecule has 0 saturated carbocycles. The highest BCUT2D eigenvalue weighted by atomic mass is 35.5. The second-order valence-electron chi connectivity index (χ2n) is 3.22. The van der Waals surface area contributed by atoms with Crippen LogP contribution >= 0.6 is 11.6 Å². The molecule has 3 aromatic rings. The molecule has 6 nitrogen and oxygen atoms in total. The molecule has 0 radical (unpaired) electrons. The van der Waals surface area contributed by atoms with Crippen molar-refractivity contribution >= 4 is 17.2 Å². The normalized spacial score (nSPS) is 11.1. The molecule has 7 heteroatoms. The van der Waals surface area contributed by atoms with E-state index in [0.717, 1.165) is 5.69 Å². The van der Waals surface area contributed by atoms with Gasteiger partial charge in [-0.2, -0.15) is 9.61 Å². The zero-order valence-electron chi connectivity index (χ0n) is 8.25. The molecule has 0 unspecified atom stereocenters. The van der Waals surface area contributed by atoms with Gasteiger partial charge in [-0.05, 0) is 19.1 Å². The maximum absolute atomic E-state index is 5.82. The van der Waals surface area contributed by atoms with Gasteiger partial charge in [0.25, 0.3) is 0 Å². The second-order valence-corrected chi connectivity index (χ2v) is 3.60. The molecule has 3 aromatic heterocycles. The van der Waals surface area contributed by atoms with Crippen molar-refractivity contribution in [2.24, 2.45) is 0 Å². The summed E-state index contributed by atoms with van der Waals surface area (Å²) in [7, 11) is 0. The van der Waals surface area contributed by atoms with Crippen molar-refractivity contribution in [2.75, 3.05) is 0 Å². The summed E-state index contributed by atoms with van der Waals surface area (Å²) in [6.45, 7) is 1.82. The minimum absolute atomic E-state index is 0.366. The summed E-state index contributed by atoms with van der Waals surface area (Å²) >= 11 is 5.82. The number of oxazole rings is 1. The zero-order valence-corrected chi connectivity index (χ0v) is 9.01. The topological polar surface area (TPSA) is 69.1 Å². The number of nitrogens with zero attached hydrogens (tertiary/aromatic N) is 5. The number of aromatic nitrogens is 5. The first-order chi connectivity index (χ1) is 7.75. The Hall–Kier alpha value is -1.95. The summed E-state index contributed by atoms with van der Waals surface area (Å²) in [6.07, 6.45) is 1.36. The summed E-state index contributed by atoms with van der Waals surface area (Å²) in [5, 5.41) is 12.4. The molecule has 0 amide bonds. The van der Waals surface area contributed by atoms with Gasteiger partial charge in [0.05, 0.1) is 5.69 Å². The van der Waals surface area contributed by atoms with Gasteiger partial charge in [0.2, 0.25) is 5.82 Å². The Kier molecular flexibility index (Phi) is 1.90. The average molecular weight is 236 g/mol. The minimum atomic E-state index is 0.366. The molecular weight excluding hydrogens is 230 g/mol. The highest BCUT2D eigenvalue weighted by molar-refractivity contribution is 6.29. The predicted octanol–water partition coefficient (Wildman–Crippen LogP) is 1.74. The molecule has 0 aliphatic carbocycles. The third-order valence-electron chi connectivity index (χ3n) is 2.18. The lowest BCUT2D eigenvalue weighted by Gasteiger charge is -1.96. The van der Waals surface area contributed by atoms with Crippen LogP contribution in [0, 0.1) is 6.92 Å². The molecule has 0 saturated heterocycles. The van der Waals surface area contributed by atoms with Crippen LogP contribution in [0.2, 0.25) is 5.15 Å². The fraction of sp³-hybridized carbons (Fsp3) is 0.111. The van der Waals surface area contributed by atoms with Gasteiger partial charge in [-0.3, -0.25) is 0 Å². The molecule has 16 heavy (non-hydrogen) atoms. The molecule has 3 heterocycles. The fourth-order valence-corrected chi connectivity index (χ4v) is 1.56. The maximum Gasteiger partial charge on any atom is 0.222 e. The van der Waals surface area contributed by atoms with Gasteiger partial charge in [-0.1, -0.05) is 11.6 Å². The summed E-state index contributed by atoms with van der Waals surface area (Å²) < 4.78 is 6.76. The number of aryl methyl sites for hydroxylation is 1. The number of rotatable bonds is 1. The lowest BCUT2D eigenvalue weighted by molar-refractivity contribution is 0.564. The third-order valence-corrected chi connectivity index (χ3v) is 2.38. The number of hydrogen-bond donors (Lipinski definition) is 0. The van der Waals surface area contributed by atoms with E-state index in [1.165, 1.54) is 10.9 Å². The summed E-state index contributed by atoms with van der Waals surface area (Å²) in [5.41, 5.74) is 1.34. The molecule has 0 aromatic carbocycles. The number of fused-ring (bicyclic) bond motifs is 1. The van der Waals surface area contributed by atoms with E-state index < -0.39 is 0 Å². The second kappa shape index (κ2) is 3.28. The van der Waals surface area contributed by atoms with E-state index in [1.807, 2.05) is 6.92 Å². The number of hydrogen-bond acceptors (Lipinski definition) is 5. The highest BCUT2D eigenvalue weighted by Gasteiger charge is 2.15. The van der Waals surface area contributed by atoms with Crippen molar-refractivity contribution in [2.45, 2.75) is 6.92 Å². The first kappa shape index (κ1) is 9.29. The maximum atomic E-state index is 5.82. The van der Waals surface area contributed by atoms with E-state index in [-0.39, 0.29) is 0 Å². The van der Waals surface area contributed by atoms with Crippen LogP contribution in [-0.2, 0) is 0 Å². The van der Waals surface area contributed by atoms with Gasteiger partial charge in [-0.15, -0.1) is 10.2 Å². The average Bonchev–Trinajstić information content (AvgIpc) is 2.83. The van der Waals surface area contributed by atoms with Gasteiger partial charge in [-0.25, -0.2) is 4.98 Å². The van der Waals surface area contributed by atoms with Crippen molar-refractivity contribution in [3.8, 4) is 11.6 Å². The van der Waals surface area contributed by atoms with Crippen LogP contribution in [0.5, 0.6) is 0 Å². The molecule has 80 valence electrons.